The number of nitrogens with zero attached hydrogens (tertiary/aromatic N) is 2. The number of aromatic amines is 1. The summed E-state index contributed by atoms with van der Waals surface area (Å²) < 4.78 is 1.37. The molecule has 0 amide bonds. The molecule has 2 rings (SSSR count). The maximum atomic E-state index is 11.0. The molecular formula is C13H15N5O2. The first-order chi connectivity index (χ1) is 9.49. The van der Waals surface area contributed by atoms with E-state index in [0.717, 1.165) is 5.56 Å². The molecule has 0 fully saturated rings. The van der Waals surface area contributed by atoms with Gasteiger partial charge in [-0.05, 0) is 31.2 Å². The van der Waals surface area contributed by atoms with Gasteiger partial charge in [-0.25, -0.2) is 9.48 Å². The number of hydrogen-bond donors (Lipinski definition) is 4. The van der Waals surface area contributed by atoms with E-state index in [4.69, 9.17) is 16.6 Å². The fraction of sp³-hybridized carbons (Fsp3) is 0.0769. The fourth-order valence-electron chi connectivity index (χ4n) is 1.66. The third-order valence-electron chi connectivity index (χ3n) is 2.58. The van der Waals surface area contributed by atoms with Crippen LogP contribution in [-0.4, -0.2) is 25.8 Å². The van der Waals surface area contributed by atoms with Gasteiger partial charge in [0.15, 0.2) is 5.69 Å². The molecule has 7 heteroatoms. The van der Waals surface area contributed by atoms with E-state index < -0.39 is 5.97 Å². The molecular weight excluding hydrogens is 258 g/mol. The lowest BCUT2D eigenvalue weighted by atomic mass is 10.2. The monoisotopic (exact) mass is 273 g/mol. The van der Waals surface area contributed by atoms with Crippen molar-refractivity contribution in [2.75, 3.05) is 0 Å². The van der Waals surface area contributed by atoms with Gasteiger partial charge in [-0.15, -0.1) is 0 Å². The highest BCUT2D eigenvalue weighted by atomic mass is 16.4. The van der Waals surface area contributed by atoms with Crippen LogP contribution in [0.4, 0.5) is 0 Å². The van der Waals surface area contributed by atoms with Crippen molar-refractivity contribution in [1.29, 1.82) is 0 Å². The molecule has 2 aromatic heterocycles. The quantitative estimate of drug-likeness (QED) is 0.623. The number of nitrogens with two attached hydrogens (primary N) is 2. The maximum Gasteiger partial charge on any atom is 0.356 e. The van der Waals surface area contributed by atoms with Gasteiger partial charge in [0.2, 0.25) is 0 Å². The van der Waals surface area contributed by atoms with Gasteiger partial charge < -0.3 is 21.6 Å². The van der Waals surface area contributed by atoms with Crippen molar-refractivity contribution in [3.05, 3.63) is 48.1 Å². The molecule has 0 atom stereocenters. The lowest BCUT2D eigenvalue weighted by Crippen LogP contribution is -2.10. The van der Waals surface area contributed by atoms with E-state index in [9.17, 15) is 4.79 Å². The molecule has 20 heavy (non-hydrogen) atoms. The van der Waals surface area contributed by atoms with Gasteiger partial charge in [0.05, 0.1) is 5.69 Å². The number of hydrogen-bond acceptors (Lipinski definition) is 4. The zero-order chi connectivity index (χ0) is 14.7. The Hall–Kier alpha value is -2.96. The van der Waals surface area contributed by atoms with Crippen LogP contribution in [-0.2, 0) is 0 Å². The Kier molecular flexibility index (Phi) is 3.60. The molecule has 0 aliphatic heterocycles. The molecule has 6 N–H and O–H groups in total. The second kappa shape index (κ2) is 5.35. The number of carbonyl (C=O) groups is 1. The van der Waals surface area contributed by atoms with Crippen LogP contribution in [0.5, 0.6) is 0 Å². The summed E-state index contributed by atoms with van der Waals surface area (Å²) in [4.78, 5) is 14.0. The molecule has 0 bridgehead atoms. The highest BCUT2D eigenvalue weighted by Gasteiger charge is 2.16. The van der Waals surface area contributed by atoms with E-state index >= 15 is 0 Å². The van der Waals surface area contributed by atoms with Crippen LogP contribution in [0.1, 0.15) is 17.4 Å². The lowest BCUT2D eigenvalue weighted by molar-refractivity contribution is 0.0690. The molecule has 0 aliphatic carbocycles. The number of allylic oxidation sites excluding steroid dienone is 3. The third kappa shape index (κ3) is 2.72. The van der Waals surface area contributed by atoms with Gasteiger partial charge in [-0.2, -0.15) is 5.10 Å². The van der Waals surface area contributed by atoms with Crippen LogP contribution >= 0.6 is 0 Å². The highest BCUT2D eigenvalue weighted by molar-refractivity contribution is 5.87. The summed E-state index contributed by atoms with van der Waals surface area (Å²) in [6, 6.07) is 3.27. The zero-order valence-electron chi connectivity index (χ0n) is 10.9. The van der Waals surface area contributed by atoms with Gasteiger partial charge in [-0.1, -0.05) is 0 Å². The number of rotatable bonds is 4. The van der Waals surface area contributed by atoms with Crippen LogP contribution in [0.3, 0.4) is 0 Å². The summed E-state index contributed by atoms with van der Waals surface area (Å²) in [5, 5.41) is 13.0. The Morgan fingerprint density at radius 2 is 2.20 bits per heavy atom. The second-order valence-electron chi connectivity index (χ2n) is 4.23. The van der Waals surface area contributed by atoms with E-state index in [-0.39, 0.29) is 11.5 Å². The number of carboxylic acids is 1. The summed E-state index contributed by atoms with van der Waals surface area (Å²) in [7, 11) is 0. The van der Waals surface area contributed by atoms with Crippen molar-refractivity contribution < 1.29 is 9.90 Å². The average molecular weight is 273 g/mol. The van der Waals surface area contributed by atoms with Gasteiger partial charge >= 0.3 is 5.97 Å². The molecule has 0 aliphatic rings. The fourth-order valence-corrected chi connectivity index (χ4v) is 1.66. The normalized spacial score (nSPS) is 12.7. The summed E-state index contributed by atoms with van der Waals surface area (Å²) in [5.41, 5.74) is 13.3. The van der Waals surface area contributed by atoms with Gasteiger partial charge in [0.1, 0.15) is 5.82 Å². The van der Waals surface area contributed by atoms with Crippen molar-refractivity contribution in [2.24, 2.45) is 11.5 Å². The third-order valence-corrected chi connectivity index (χ3v) is 2.58. The average Bonchev–Trinajstić information content (AvgIpc) is 3.03. The Morgan fingerprint density at radius 3 is 2.75 bits per heavy atom. The molecule has 0 unspecified atom stereocenters. The van der Waals surface area contributed by atoms with E-state index in [1.54, 1.807) is 37.5 Å². The lowest BCUT2D eigenvalue weighted by Gasteiger charge is -2.05. The molecule has 0 aromatic carbocycles. The van der Waals surface area contributed by atoms with Crippen LogP contribution in [0, 0.1) is 0 Å². The summed E-state index contributed by atoms with van der Waals surface area (Å²) in [6.07, 6.45) is 6.66. The van der Waals surface area contributed by atoms with E-state index in [2.05, 4.69) is 10.1 Å². The summed E-state index contributed by atoms with van der Waals surface area (Å²) in [5.74, 6) is -0.836. The van der Waals surface area contributed by atoms with Crippen molar-refractivity contribution in [2.45, 2.75) is 6.92 Å². The minimum Gasteiger partial charge on any atom is -0.476 e. The van der Waals surface area contributed by atoms with Crippen molar-refractivity contribution in [3.8, 4) is 11.3 Å². The topological polar surface area (TPSA) is 123 Å². The first-order valence-electron chi connectivity index (χ1n) is 5.85. The predicted octanol–water partition coefficient (Wildman–Crippen LogP) is 1.20. The van der Waals surface area contributed by atoms with E-state index in [1.165, 1.54) is 10.7 Å². The van der Waals surface area contributed by atoms with Crippen molar-refractivity contribution >= 4 is 11.8 Å². The molecule has 7 nitrogen and oxygen atoms in total. The molecule has 2 heterocycles. The minimum absolute atomic E-state index is 0.0778. The Balaban J connectivity index is 2.54. The second-order valence-corrected chi connectivity index (χ2v) is 4.23. The Labute approximate surface area is 115 Å². The van der Waals surface area contributed by atoms with Gasteiger partial charge in [0.25, 0.3) is 0 Å². The van der Waals surface area contributed by atoms with Crippen LogP contribution in [0.25, 0.3) is 17.1 Å². The number of nitrogens with one attached hydrogen (secondary N) is 1. The van der Waals surface area contributed by atoms with E-state index in [0.29, 0.717) is 11.4 Å². The van der Waals surface area contributed by atoms with Gasteiger partial charge in [-0.3, -0.25) is 0 Å². The predicted molar refractivity (Wildman–Crippen MR) is 75.4 cm³/mol. The van der Waals surface area contributed by atoms with Crippen LogP contribution in [0.15, 0.2) is 42.4 Å². The van der Waals surface area contributed by atoms with Crippen molar-refractivity contribution in [3.63, 3.8) is 0 Å². The molecule has 0 radical (unpaired) electrons. The first-order valence-corrected chi connectivity index (χ1v) is 5.85. The highest BCUT2D eigenvalue weighted by Crippen LogP contribution is 2.22. The minimum atomic E-state index is -1.11. The SMILES string of the molecule is C/C(N)=C/C=C(\N)n1nc(C(=O)O)cc1-c1cc[nH]c1. The number of aromatic carboxylic acids is 1. The summed E-state index contributed by atoms with van der Waals surface area (Å²) >= 11 is 0. The smallest absolute Gasteiger partial charge is 0.356 e. The Bertz CT molecular complexity index is 676. The van der Waals surface area contributed by atoms with Gasteiger partial charge in [0, 0.05) is 23.7 Å². The van der Waals surface area contributed by atoms with E-state index in [1.807, 2.05) is 0 Å². The number of H-pyrrole nitrogens is 1. The molecule has 0 saturated heterocycles. The Morgan fingerprint density at radius 1 is 1.45 bits per heavy atom. The summed E-state index contributed by atoms with van der Waals surface area (Å²) in [6.45, 7) is 1.72. The van der Waals surface area contributed by atoms with Crippen molar-refractivity contribution in [1.82, 2.24) is 14.8 Å². The standard InChI is InChI=1S/C13H15N5O2/c1-8(14)2-3-12(15)18-11(9-4-5-16-7-9)6-10(17-18)13(19)20/h2-7,16H,14-15H2,1H3,(H,19,20)/b8-2-,12-3+. The first kappa shape index (κ1) is 13.5. The van der Waals surface area contributed by atoms with Crippen LogP contribution < -0.4 is 11.5 Å². The number of carboxylic acid groups (broad SMARTS) is 1. The molecule has 2 aromatic rings. The maximum absolute atomic E-state index is 11.0. The molecule has 0 spiro atoms. The number of aromatic nitrogens is 3. The largest absolute Gasteiger partial charge is 0.476 e. The molecule has 104 valence electrons. The zero-order valence-corrected chi connectivity index (χ0v) is 10.9. The van der Waals surface area contributed by atoms with Crippen LogP contribution in [0.2, 0.25) is 0 Å². The molecule has 0 saturated carbocycles.